The topological polar surface area (TPSA) is 200 Å². The minimum absolute atomic E-state index is 0.0906. The van der Waals surface area contributed by atoms with Crippen LogP contribution in [-0.2, 0) is 15.0 Å². The lowest BCUT2D eigenvalue weighted by molar-refractivity contribution is -0.136. The van der Waals surface area contributed by atoms with Crippen molar-refractivity contribution in [2.75, 3.05) is 31.5 Å². The van der Waals surface area contributed by atoms with E-state index in [0.717, 1.165) is 114 Å². The van der Waals surface area contributed by atoms with Crippen LogP contribution in [0.5, 0.6) is 0 Å². The number of nitrogens with two attached hydrogens (primary N) is 1. The van der Waals surface area contributed by atoms with Crippen LogP contribution in [0.2, 0.25) is 5.02 Å². The second-order valence-corrected chi connectivity index (χ2v) is 23.1. The highest BCUT2D eigenvalue weighted by molar-refractivity contribution is 7.13. The molecule has 1 unspecified atom stereocenters. The maximum Gasteiger partial charge on any atom is 0.282 e. The predicted octanol–water partition coefficient (Wildman–Crippen LogP) is 8.41. The zero-order valence-electron chi connectivity index (χ0n) is 41.4. The molecule has 4 aliphatic rings. The second kappa shape index (κ2) is 19.3. The summed E-state index contributed by atoms with van der Waals surface area (Å²) < 4.78 is 2.15. The number of thiazole rings is 1. The van der Waals surface area contributed by atoms with Gasteiger partial charge in [0.25, 0.3) is 5.56 Å². The van der Waals surface area contributed by atoms with E-state index in [1.54, 1.807) is 28.5 Å². The molecule has 6 heterocycles. The van der Waals surface area contributed by atoms with Gasteiger partial charge < -0.3 is 30.9 Å². The van der Waals surface area contributed by atoms with Gasteiger partial charge in [-0.05, 0) is 143 Å². The Labute approximate surface area is 423 Å². The molecule has 1 aliphatic carbocycles. The van der Waals surface area contributed by atoms with Crippen molar-refractivity contribution >= 4 is 74.7 Å². The molecule has 4 atom stereocenters. The number of aliphatic imine (C=N–C) groups is 1. The molecule has 0 spiro atoms. The first-order chi connectivity index (χ1) is 34.0. The first-order valence-electron chi connectivity index (χ1n) is 25.0. The Kier molecular flexibility index (Phi) is 13.3. The van der Waals surface area contributed by atoms with Gasteiger partial charge in [-0.2, -0.15) is 15.2 Å². The third-order valence-corrected chi connectivity index (χ3v) is 17.1. The quantitative estimate of drug-likeness (QED) is 0.0399. The zero-order chi connectivity index (χ0) is 49.9. The largest absolute Gasteiger partial charge is 0.391 e. The van der Waals surface area contributed by atoms with Gasteiger partial charge in [0, 0.05) is 30.6 Å². The number of likely N-dealkylation sites (tertiary alicyclic amines) is 2. The smallest absolute Gasteiger partial charge is 0.282 e. The Morgan fingerprint density at radius 3 is 2.56 bits per heavy atom. The number of β-amino-alcohol motifs (C(OH)–C–C–N with tert-alkyl or cyclic N) is 1. The molecule has 372 valence electrons. The van der Waals surface area contributed by atoms with Crippen LogP contribution in [-0.4, -0.2) is 114 Å². The van der Waals surface area contributed by atoms with Crippen LogP contribution in [0.3, 0.4) is 0 Å². The number of nitrogens with one attached hydrogen (secondary N) is 2. The number of hydrazone groups is 1. The normalized spacial score (nSPS) is 22.8. The summed E-state index contributed by atoms with van der Waals surface area (Å²) in [5, 5.41) is 27.7. The summed E-state index contributed by atoms with van der Waals surface area (Å²) >= 11 is 8.12. The molecule has 0 radical (unpaired) electrons. The summed E-state index contributed by atoms with van der Waals surface area (Å²) in [6.07, 6.45) is 8.06. The minimum Gasteiger partial charge on any atom is -0.391 e. The number of H-pyrrole nitrogens is 1. The first kappa shape index (κ1) is 48.8. The Hall–Kier alpha value is -5.81. The van der Waals surface area contributed by atoms with Gasteiger partial charge in [0.15, 0.2) is 5.82 Å². The lowest BCUT2D eigenvalue weighted by atomic mass is 9.79. The number of anilines is 1. The number of hydrogen-bond acceptors (Lipinski definition) is 13. The van der Waals surface area contributed by atoms with Crippen molar-refractivity contribution in [3.63, 3.8) is 0 Å². The summed E-state index contributed by atoms with van der Waals surface area (Å²) in [7, 11) is 0. The Balaban J connectivity index is 0.750. The number of fused-ring (bicyclic) bond motifs is 6. The molecule has 3 fully saturated rings. The van der Waals surface area contributed by atoms with Crippen LogP contribution in [0.1, 0.15) is 108 Å². The molecule has 17 heteroatoms. The van der Waals surface area contributed by atoms with Crippen molar-refractivity contribution in [1.29, 1.82) is 0 Å². The third kappa shape index (κ3) is 9.21. The van der Waals surface area contributed by atoms with E-state index < -0.39 is 35.1 Å². The van der Waals surface area contributed by atoms with E-state index in [0.29, 0.717) is 33.8 Å². The standard InChI is InChI=1S/C54H64ClN11O4S/c1-30-47(71-29-58-30)35-14-16-37-40(22-35)62-63-49(37)59-42(28-67)45-24-36(68)27-65(45)51(70)48(53(2,3)4)57-25-41(61-56)33-12-10-31(11-13-33)26-64-20-18-32(19-21-64)34-15-17-38-44(23-34)66-43-9-7-8-39(55)46(43)50(69)60-52(66)54(38,5)6/h7-9,14-17,22-23,25,28-29,31-33,36,42,45,48,68H,10-13,18-21,24,26-27,56H2,1-6H3,(H2,59,62,63)/b57-25?,61-41+/t31?,33?,36-,42?,45+,48-/m1/s1. The van der Waals surface area contributed by atoms with Gasteiger partial charge in [0.2, 0.25) is 5.91 Å². The molecule has 2 saturated heterocycles. The molecular formula is C54H64ClN11O4S. The highest BCUT2D eigenvalue weighted by atomic mass is 35.5. The van der Waals surface area contributed by atoms with E-state index in [-0.39, 0.29) is 30.3 Å². The fourth-order valence-corrected chi connectivity index (χ4v) is 12.9. The van der Waals surface area contributed by atoms with Gasteiger partial charge in [0.1, 0.15) is 24.2 Å². The van der Waals surface area contributed by atoms with Crippen LogP contribution in [0.4, 0.5) is 5.82 Å². The van der Waals surface area contributed by atoms with Gasteiger partial charge in [-0.3, -0.25) is 24.2 Å². The monoisotopic (exact) mass is 997 g/mol. The number of aryl methyl sites for hydroxylation is 1. The van der Waals surface area contributed by atoms with E-state index in [1.165, 1.54) is 5.56 Å². The third-order valence-electron chi connectivity index (χ3n) is 15.8. The van der Waals surface area contributed by atoms with E-state index >= 15 is 0 Å². The maximum absolute atomic E-state index is 14.6. The Morgan fingerprint density at radius 2 is 1.86 bits per heavy atom. The molecule has 10 rings (SSSR count). The summed E-state index contributed by atoms with van der Waals surface area (Å²) in [5.74, 6) is 8.19. The Bertz CT molecular complexity index is 3120. The fraction of sp³-hybridized carbons (Fsp3) is 0.481. The van der Waals surface area contributed by atoms with E-state index in [4.69, 9.17) is 22.4 Å². The molecule has 3 aromatic carbocycles. The van der Waals surface area contributed by atoms with Gasteiger partial charge in [-0.25, -0.2) is 4.98 Å². The zero-order valence-corrected chi connectivity index (χ0v) is 42.9. The Morgan fingerprint density at radius 1 is 1.08 bits per heavy atom. The van der Waals surface area contributed by atoms with Crippen molar-refractivity contribution in [1.82, 2.24) is 34.5 Å². The molecule has 3 aliphatic heterocycles. The van der Waals surface area contributed by atoms with Gasteiger partial charge >= 0.3 is 0 Å². The number of piperidine rings is 1. The number of amides is 1. The first-order valence-corrected chi connectivity index (χ1v) is 26.3. The lowest BCUT2D eigenvalue weighted by Crippen LogP contribution is -2.52. The molecule has 3 aromatic heterocycles. The number of aliphatic hydroxyl groups is 1. The van der Waals surface area contributed by atoms with E-state index in [2.05, 4.69) is 72.1 Å². The molecule has 1 amide bonds. The fourth-order valence-electron chi connectivity index (χ4n) is 11.9. The average Bonchev–Trinajstić information content (AvgIpc) is 4.13. The molecule has 15 nitrogen and oxygen atoms in total. The van der Waals surface area contributed by atoms with Crippen LogP contribution < -0.4 is 16.7 Å². The number of carbonyl (C=O) groups excluding carboxylic acids is 2. The van der Waals surface area contributed by atoms with Crippen LogP contribution in [0, 0.1) is 24.2 Å². The van der Waals surface area contributed by atoms with Crippen molar-refractivity contribution in [3.05, 3.63) is 98.1 Å². The van der Waals surface area contributed by atoms with Crippen LogP contribution in [0.15, 0.2) is 75.0 Å². The number of aromatic nitrogens is 5. The molecule has 0 bridgehead atoms. The maximum atomic E-state index is 14.6. The van der Waals surface area contributed by atoms with Crippen molar-refractivity contribution in [2.45, 2.75) is 122 Å². The summed E-state index contributed by atoms with van der Waals surface area (Å²) in [5.41, 5.74) is 8.38. The summed E-state index contributed by atoms with van der Waals surface area (Å²) in [6.45, 7) is 15.4. The van der Waals surface area contributed by atoms with Gasteiger partial charge in [0.05, 0.1) is 66.5 Å². The number of halogens is 1. The number of rotatable bonds is 12. The molecular weight excluding hydrogens is 934 g/mol. The molecule has 1 saturated carbocycles. The van der Waals surface area contributed by atoms with Gasteiger partial charge in [-0.1, -0.05) is 56.6 Å². The predicted molar refractivity (Wildman–Crippen MR) is 283 cm³/mol. The summed E-state index contributed by atoms with van der Waals surface area (Å²) in [4.78, 5) is 59.7. The van der Waals surface area contributed by atoms with Crippen molar-refractivity contribution in [3.8, 4) is 16.1 Å². The van der Waals surface area contributed by atoms with Crippen molar-refractivity contribution < 1.29 is 14.7 Å². The summed E-state index contributed by atoms with van der Waals surface area (Å²) in [6, 6.07) is 16.2. The number of aliphatic hydroxyl groups excluding tert-OH is 1. The SMILES string of the molecule is Cc1ncsc1-c1ccc2c(NC(C=O)[C@@H]3C[C@@H](O)CN3C(=O)[C@@H](N=C/C(=N\N)C3CCC(CN4CCC(c5ccc6c(c5)-n5c(nc(=O)c7c(Cl)cccc75)C6(C)C)CC4)CC3)C(C)(C)C)n[nH]c2c1. The second-order valence-electron chi connectivity index (χ2n) is 21.9. The molecule has 6 aromatic rings. The van der Waals surface area contributed by atoms with Crippen LogP contribution >= 0.6 is 22.9 Å². The number of benzene rings is 3. The molecule has 5 N–H and O–H groups in total. The number of hydrogen-bond donors (Lipinski definition) is 4. The number of aldehydes is 1. The van der Waals surface area contributed by atoms with E-state index in [9.17, 15) is 19.5 Å². The molecule has 71 heavy (non-hydrogen) atoms. The highest BCUT2D eigenvalue weighted by Crippen LogP contribution is 2.45. The van der Waals surface area contributed by atoms with E-state index in [1.807, 2.05) is 63.5 Å². The average molecular weight is 999 g/mol. The van der Waals surface area contributed by atoms with Crippen LogP contribution in [0.25, 0.3) is 37.9 Å². The highest BCUT2D eigenvalue weighted by Gasteiger charge is 2.45. The number of carbonyl (C=O) groups is 2. The lowest BCUT2D eigenvalue weighted by Gasteiger charge is -2.37. The minimum atomic E-state index is -0.829. The number of aromatic amines is 1. The van der Waals surface area contributed by atoms with Gasteiger partial charge in [-0.15, -0.1) is 11.3 Å². The van der Waals surface area contributed by atoms with Crippen molar-refractivity contribution in [2.24, 2.45) is 33.2 Å². The number of nitrogens with zero attached hydrogens (tertiary/aromatic N) is 8.